The highest BCUT2D eigenvalue weighted by molar-refractivity contribution is 4.85. The first kappa shape index (κ1) is 9.85. The Labute approximate surface area is 68.6 Å². The predicted octanol–water partition coefficient (Wildman–Crippen LogP) is -3.22. The molecule has 5 atom stereocenters. The molecular formula is C6H12O6. The van der Waals surface area contributed by atoms with Crippen molar-refractivity contribution in [1.29, 1.82) is 0 Å². The third kappa shape index (κ3) is 1.74. The van der Waals surface area contributed by atoms with E-state index < -0.39 is 30.7 Å². The van der Waals surface area contributed by atoms with Gasteiger partial charge in [0.05, 0.1) is 6.61 Å². The van der Waals surface area contributed by atoms with Crippen molar-refractivity contribution in [2.45, 2.75) is 30.7 Å². The van der Waals surface area contributed by atoms with Gasteiger partial charge in [-0.2, -0.15) is 0 Å². The summed E-state index contributed by atoms with van der Waals surface area (Å²) in [6, 6.07) is 0. The van der Waals surface area contributed by atoms with Crippen LogP contribution in [-0.4, -0.2) is 62.8 Å². The highest BCUT2D eigenvalue weighted by atomic mass is 16.6. The summed E-state index contributed by atoms with van der Waals surface area (Å²) in [4.78, 5) is 0. The highest BCUT2D eigenvalue weighted by Crippen LogP contribution is 2.14. The lowest BCUT2D eigenvalue weighted by Gasteiger charge is -2.22. The standard InChI is InChI=1S/C6H12O6/c7-2-1-12-6(11)5(10)4(9)3(2)8/h2-11H,1H2/t2-,3-,4+,5-,6+/m1/s1. The van der Waals surface area contributed by atoms with Gasteiger partial charge < -0.3 is 30.3 Å². The number of hydrogen-bond acceptors (Lipinski definition) is 6. The van der Waals surface area contributed by atoms with Crippen LogP contribution < -0.4 is 0 Å². The van der Waals surface area contributed by atoms with Crippen LogP contribution >= 0.6 is 0 Å². The minimum Gasteiger partial charge on any atom is -0.388 e. The zero-order valence-corrected chi connectivity index (χ0v) is 6.24. The summed E-state index contributed by atoms with van der Waals surface area (Å²) < 4.78 is 4.50. The minimum absolute atomic E-state index is 0.323. The number of aliphatic hydroxyl groups is 5. The van der Waals surface area contributed by atoms with E-state index in [9.17, 15) is 0 Å². The molecule has 0 aromatic rings. The second kappa shape index (κ2) is 3.65. The van der Waals surface area contributed by atoms with Crippen molar-refractivity contribution in [2.75, 3.05) is 6.61 Å². The maximum Gasteiger partial charge on any atom is 0.183 e. The fourth-order valence-corrected chi connectivity index (χ4v) is 0.993. The second-order valence-electron chi connectivity index (χ2n) is 2.76. The van der Waals surface area contributed by atoms with Gasteiger partial charge in [-0.15, -0.1) is 0 Å². The molecule has 72 valence electrons. The molecule has 0 spiro atoms. The minimum atomic E-state index is -1.60. The van der Waals surface area contributed by atoms with Crippen LogP contribution in [0.5, 0.6) is 0 Å². The van der Waals surface area contributed by atoms with Crippen molar-refractivity contribution in [3.63, 3.8) is 0 Å². The maximum atomic E-state index is 9.07. The second-order valence-corrected chi connectivity index (χ2v) is 2.76. The van der Waals surface area contributed by atoms with Crippen molar-refractivity contribution < 1.29 is 30.3 Å². The van der Waals surface area contributed by atoms with Crippen LogP contribution in [0.3, 0.4) is 0 Å². The summed E-state index contributed by atoms with van der Waals surface area (Å²) >= 11 is 0. The molecule has 0 amide bonds. The number of aliphatic hydroxyl groups excluding tert-OH is 5. The molecule has 0 aromatic carbocycles. The molecule has 6 nitrogen and oxygen atoms in total. The molecule has 1 rings (SSSR count). The molecule has 12 heavy (non-hydrogen) atoms. The van der Waals surface area contributed by atoms with Crippen LogP contribution in [0, 0.1) is 0 Å². The first-order valence-electron chi connectivity index (χ1n) is 3.56. The SMILES string of the molecule is O[C@@H]1[C@@H](O)[C@@H](O)OC[C@@H](O)[C@H]1O. The van der Waals surface area contributed by atoms with Crippen LogP contribution in [0.1, 0.15) is 0 Å². The van der Waals surface area contributed by atoms with Gasteiger partial charge in [0.25, 0.3) is 0 Å². The molecule has 0 aromatic heterocycles. The van der Waals surface area contributed by atoms with Gasteiger partial charge in [-0.05, 0) is 0 Å². The van der Waals surface area contributed by atoms with Crippen molar-refractivity contribution in [1.82, 2.24) is 0 Å². The topological polar surface area (TPSA) is 110 Å². The quantitative estimate of drug-likeness (QED) is 0.268. The lowest BCUT2D eigenvalue weighted by molar-refractivity contribution is -0.181. The molecule has 0 unspecified atom stereocenters. The summed E-state index contributed by atoms with van der Waals surface area (Å²) in [5.41, 5.74) is 0. The predicted molar refractivity (Wildman–Crippen MR) is 36.0 cm³/mol. The van der Waals surface area contributed by atoms with Gasteiger partial charge in [0, 0.05) is 0 Å². The van der Waals surface area contributed by atoms with Crippen LogP contribution in [0.25, 0.3) is 0 Å². The van der Waals surface area contributed by atoms with E-state index >= 15 is 0 Å². The Bertz CT molecular complexity index is 135. The first-order chi connectivity index (χ1) is 5.54. The van der Waals surface area contributed by atoms with Gasteiger partial charge >= 0.3 is 0 Å². The average molecular weight is 180 g/mol. The molecule has 0 radical (unpaired) electrons. The smallest absolute Gasteiger partial charge is 0.183 e. The molecule has 6 heteroatoms. The Morgan fingerprint density at radius 2 is 1.42 bits per heavy atom. The van der Waals surface area contributed by atoms with Crippen LogP contribution in [0.4, 0.5) is 0 Å². The van der Waals surface area contributed by atoms with Crippen LogP contribution in [-0.2, 0) is 4.74 Å². The van der Waals surface area contributed by atoms with Gasteiger partial charge in [-0.25, -0.2) is 0 Å². The Hall–Kier alpha value is -0.240. The van der Waals surface area contributed by atoms with E-state index in [0.29, 0.717) is 0 Å². The van der Waals surface area contributed by atoms with E-state index in [1.807, 2.05) is 0 Å². The fourth-order valence-electron chi connectivity index (χ4n) is 0.993. The molecule has 1 aliphatic heterocycles. The molecule has 0 saturated carbocycles. The molecule has 1 fully saturated rings. The number of hydrogen-bond donors (Lipinski definition) is 5. The highest BCUT2D eigenvalue weighted by Gasteiger charge is 2.38. The Morgan fingerprint density at radius 1 is 0.833 bits per heavy atom. The summed E-state index contributed by atoms with van der Waals surface area (Å²) in [6.45, 7) is -0.323. The van der Waals surface area contributed by atoms with E-state index in [4.69, 9.17) is 25.5 Å². The summed E-state index contributed by atoms with van der Waals surface area (Å²) in [6.07, 6.45) is -7.58. The van der Waals surface area contributed by atoms with E-state index in [2.05, 4.69) is 4.74 Å². The van der Waals surface area contributed by atoms with Crippen molar-refractivity contribution in [2.24, 2.45) is 0 Å². The van der Waals surface area contributed by atoms with E-state index in [1.165, 1.54) is 0 Å². The summed E-state index contributed by atoms with van der Waals surface area (Å²) in [5, 5.41) is 45.1. The average Bonchev–Trinajstić information content (AvgIpc) is 2.14. The third-order valence-electron chi connectivity index (χ3n) is 1.82. The summed E-state index contributed by atoms with van der Waals surface area (Å²) in [7, 11) is 0. The normalized spacial score (nSPS) is 50.2. The van der Waals surface area contributed by atoms with Crippen molar-refractivity contribution in [3.05, 3.63) is 0 Å². The van der Waals surface area contributed by atoms with Crippen LogP contribution in [0.2, 0.25) is 0 Å². The lowest BCUT2D eigenvalue weighted by Crippen LogP contribution is -2.46. The molecule has 1 saturated heterocycles. The molecular weight excluding hydrogens is 168 g/mol. The molecule has 1 heterocycles. The van der Waals surface area contributed by atoms with Gasteiger partial charge in [0.1, 0.15) is 24.4 Å². The van der Waals surface area contributed by atoms with E-state index in [0.717, 1.165) is 0 Å². The Morgan fingerprint density at radius 3 is 2.00 bits per heavy atom. The van der Waals surface area contributed by atoms with Gasteiger partial charge in [0.2, 0.25) is 0 Å². The first-order valence-corrected chi connectivity index (χ1v) is 3.56. The third-order valence-corrected chi connectivity index (χ3v) is 1.82. The Kier molecular flexibility index (Phi) is 2.99. The van der Waals surface area contributed by atoms with Crippen molar-refractivity contribution in [3.8, 4) is 0 Å². The monoisotopic (exact) mass is 180 g/mol. The van der Waals surface area contributed by atoms with E-state index in [1.54, 1.807) is 0 Å². The summed E-state index contributed by atoms with van der Waals surface area (Å²) in [5.74, 6) is 0. The number of ether oxygens (including phenoxy) is 1. The number of rotatable bonds is 0. The molecule has 5 N–H and O–H groups in total. The lowest BCUT2D eigenvalue weighted by atomic mass is 10.0. The van der Waals surface area contributed by atoms with Crippen LogP contribution in [0.15, 0.2) is 0 Å². The van der Waals surface area contributed by atoms with Gasteiger partial charge in [-0.3, -0.25) is 0 Å². The Balaban J connectivity index is 2.68. The van der Waals surface area contributed by atoms with E-state index in [-0.39, 0.29) is 6.61 Å². The molecule has 0 bridgehead atoms. The molecule has 0 aliphatic carbocycles. The van der Waals surface area contributed by atoms with Gasteiger partial charge in [0.15, 0.2) is 6.29 Å². The largest absolute Gasteiger partial charge is 0.388 e. The maximum absolute atomic E-state index is 9.07. The molecule has 1 aliphatic rings. The fraction of sp³-hybridized carbons (Fsp3) is 1.00. The van der Waals surface area contributed by atoms with Crippen molar-refractivity contribution >= 4 is 0 Å². The zero-order valence-electron chi connectivity index (χ0n) is 6.24. The van der Waals surface area contributed by atoms with Gasteiger partial charge in [-0.1, -0.05) is 0 Å². The zero-order chi connectivity index (χ0) is 9.30.